The molecule has 0 aromatic rings. The van der Waals surface area contributed by atoms with Crippen molar-refractivity contribution < 1.29 is 14.7 Å². The maximum atomic E-state index is 11.1. The molecule has 0 aromatic heterocycles. The maximum absolute atomic E-state index is 11.1. The van der Waals surface area contributed by atoms with Crippen molar-refractivity contribution in [3.8, 4) is 0 Å². The Labute approximate surface area is 71.8 Å². The van der Waals surface area contributed by atoms with Crippen LogP contribution in [-0.4, -0.2) is 22.9 Å². The summed E-state index contributed by atoms with van der Waals surface area (Å²) in [5.41, 5.74) is 5.19. The molecule has 0 rings (SSSR count). The summed E-state index contributed by atoms with van der Waals surface area (Å²) in [7, 11) is 0. The van der Waals surface area contributed by atoms with Gasteiger partial charge in [-0.05, 0) is 6.42 Å². The van der Waals surface area contributed by atoms with Gasteiger partial charge in [-0.2, -0.15) is 0 Å². The minimum Gasteiger partial charge on any atom is -0.480 e. The van der Waals surface area contributed by atoms with Crippen LogP contribution in [0.2, 0.25) is 0 Å². The van der Waals surface area contributed by atoms with E-state index in [1.807, 2.05) is 6.92 Å². The molecule has 0 aliphatic rings. The first-order valence-electron chi connectivity index (χ1n) is 4.00. The third kappa shape index (κ3) is 3.48. The highest BCUT2D eigenvalue weighted by Gasteiger charge is 2.19. The molecule has 12 heavy (non-hydrogen) atoms. The zero-order chi connectivity index (χ0) is 9.72. The van der Waals surface area contributed by atoms with Gasteiger partial charge in [-0.1, -0.05) is 13.8 Å². The number of ketones is 1. The second-order valence-electron chi connectivity index (χ2n) is 2.92. The number of rotatable bonds is 5. The molecular weight excluding hydrogens is 158 g/mol. The third-order valence-electron chi connectivity index (χ3n) is 1.90. The molecule has 0 fully saturated rings. The molecule has 0 radical (unpaired) electrons. The predicted octanol–water partition coefficient (Wildman–Crippen LogP) is 0.404. The van der Waals surface area contributed by atoms with E-state index in [1.54, 1.807) is 6.92 Å². The summed E-state index contributed by atoms with van der Waals surface area (Å²) >= 11 is 0. The fourth-order valence-corrected chi connectivity index (χ4v) is 0.733. The maximum Gasteiger partial charge on any atom is 0.320 e. The zero-order valence-corrected chi connectivity index (χ0v) is 7.41. The standard InChI is InChI=1S/C8H15NO3/c1-3-5(2)7(10)4-6(9)8(11)12/h5-6H,3-4,9H2,1-2H3,(H,11,12)/t5?,6-/m1/s1. The van der Waals surface area contributed by atoms with Gasteiger partial charge in [-0.3, -0.25) is 9.59 Å². The summed E-state index contributed by atoms with van der Waals surface area (Å²) in [6.07, 6.45) is 0.662. The van der Waals surface area contributed by atoms with Crippen molar-refractivity contribution in [1.82, 2.24) is 0 Å². The first kappa shape index (κ1) is 11.1. The van der Waals surface area contributed by atoms with Crippen molar-refractivity contribution in [2.75, 3.05) is 0 Å². The molecule has 1 unspecified atom stereocenters. The van der Waals surface area contributed by atoms with Crippen molar-refractivity contribution >= 4 is 11.8 Å². The number of carboxylic acids is 1. The molecule has 2 atom stereocenters. The normalized spacial score (nSPS) is 15.2. The van der Waals surface area contributed by atoms with Crippen molar-refractivity contribution in [3.63, 3.8) is 0 Å². The van der Waals surface area contributed by atoms with Crippen molar-refractivity contribution in [1.29, 1.82) is 0 Å². The largest absolute Gasteiger partial charge is 0.480 e. The molecule has 3 N–H and O–H groups in total. The lowest BCUT2D eigenvalue weighted by atomic mass is 9.98. The van der Waals surface area contributed by atoms with Crippen LogP contribution >= 0.6 is 0 Å². The number of hydrogen-bond acceptors (Lipinski definition) is 3. The monoisotopic (exact) mass is 173 g/mol. The molecule has 0 saturated heterocycles. The fraction of sp³-hybridized carbons (Fsp3) is 0.750. The van der Waals surface area contributed by atoms with Gasteiger partial charge in [0, 0.05) is 12.3 Å². The Morgan fingerprint density at radius 3 is 2.33 bits per heavy atom. The van der Waals surface area contributed by atoms with Gasteiger partial charge in [0.15, 0.2) is 0 Å². The third-order valence-corrected chi connectivity index (χ3v) is 1.90. The van der Waals surface area contributed by atoms with Crippen LogP contribution in [0.4, 0.5) is 0 Å². The number of carbonyl (C=O) groups excluding carboxylic acids is 1. The Hall–Kier alpha value is -0.900. The minimum atomic E-state index is -1.12. The van der Waals surface area contributed by atoms with Gasteiger partial charge in [0.05, 0.1) is 0 Å². The number of carboxylic acid groups (broad SMARTS) is 1. The van der Waals surface area contributed by atoms with E-state index in [4.69, 9.17) is 10.8 Å². The Bertz CT molecular complexity index is 179. The van der Waals surface area contributed by atoms with E-state index in [0.717, 1.165) is 6.42 Å². The topological polar surface area (TPSA) is 80.4 Å². The summed E-state index contributed by atoms with van der Waals surface area (Å²) < 4.78 is 0. The number of nitrogens with two attached hydrogens (primary N) is 1. The van der Waals surface area contributed by atoms with Crippen LogP contribution in [0.1, 0.15) is 26.7 Å². The number of aliphatic carboxylic acids is 1. The minimum absolute atomic E-state index is 0.0651. The molecule has 4 heteroatoms. The van der Waals surface area contributed by atoms with Crippen LogP contribution in [0, 0.1) is 5.92 Å². The van der Waals surface area contributed by atoms with E-state index in [0.29, 0.717) is 0 Å². The quantitative estimate of drug-likeness (QED) is 0.630. The van der Waals surface area contributed by atoms with E-state index in [9.17, 15) is 9.59 Å². The van der Waals surface area contributed by atoms with Crippen LogP contribution in [0.3, 0.4) is 0 Å². The highest BCUT2D eigenvalue weighted by molar-refractivity contribution is 5.86. The van der Waals surface area contributed by atoms with Gasteiger partial charge in [0.25, 0.3) is 0 Å². The summed E-state index contributed by atoms with van der Waals surface area (Å²) in [6, 6.07) is -1.05. The lowest BCUT2D eigenvalue weighted by molar-refractivity contribution is -0.140. The summed E-state index contributed by atoms with van der Waals surface area (Å²) in [5.74, 6) is -1.28. The Balaban J connectivity index is 3.92. The molecule has 0 bridgehead atoms. The Morgan fingerprint density at radius 1 is 1.50 bits per heavy atom. The Kier molecular flexibility index (Phi) is 4.51. The van der Waals surface area contributed by atoms with E-state index in [1.165, 1.54) is 0 Å². The average Bonchev–Trinajstić information content (AvgIpc) is 2.02. The molecule has 70 valence electrons. The SMILES string of the molecule is CCC(C)C(=O)C[C@@H](N)C(=O)O. The molecule has 0 aliphatic heterocycles. The molecular formula is C8H15NO3. The highest BCUT2D eigenvalue weighted by Crippen LogP contribution is 2.06. The molecule has 0 aliphatic carbocycles. The summed E-state index contributed by atoms with van der Waals surface area (Å²) in [4.78, 5) is 21.4. The van der Waals surface area contributed by atoms with E-state index in [-0.39, 0.29) is 18.1 Å². The van der Waals surface area contributed by atoms with Crippen molar-refractivity contribution in [2.24, 2.45) is 11.7 Å². The van der Waals surface area contributed by atoms with Crippen LogP contribution in [0.25, 0.3) is 0 Å². The van der Waals surface area contributed by atoms with Crippen LogP contribution in [0.15, 0.2) is 0 Å². The van der Waals surface area contributed by atoms with Gasteiger partial charge in [0.2, 0.25) is 0 Å². The van der Waals surface area contributed by atoms with Crippen LogP contribution in [0.5, 0.6) is 0 Å². The molecule has 0 aromatic carbocycles. The van der Waals surface area contributed by atoms with Crippen molar-refractivity contribution in [3.05, 3.63) is 0 Å². The second kappa shape index (κ2) is 4.87. The number of Topliss-reactive ketones (excluding diaryl/α,β-unsaturated/α-hetero) is 1. The summed E-state index contributed by atoms with van der Waals surface area (Å²) in [5, 5.41) is 8.41. The number of carbonyl (C=O) groups is 2. The van der Waals surface area contributed by atoms with Gasteiger partial charge in [-0.25, -0.2) is 0 Å². The van der Waals surface area contributed by atoms with Crippen molar-refractivity contribution in [2.45, 2.75) is 32.7 Å². The smallest absolute Gasteiger partial charge is 0.320 e. The van der Waals surface area contributed by atoms with Gasteiger partial charge >= 0.3 is 5.97 Å². The van der Waals surface area contributed by atoms with E-state index < -0.39 is 12.0 Å². The number of hydrogen-bond donors (Lipinski definition) is 2. The van der Waals surface area contributed by atoms with Gasteiger partial charge in [0.1, 0.15) is 11.8 Å². The lowest BCUT2D eigenvalue weighted by Gasteiger charge is -2.09. The molecule has 0 spiro atoms. The first-order valence-corrected chi connectivity index (χ1v) is 4.00. The first-order chi connectivity index (χ1) is 5.49. The molecule has 4 nitrogen and oxygen atoms in total. The van der Waals surface area contributed by atoms with Crippen LogP contribution < -0.4 is 5.73 Å². The molecule has 0 saturated carbocycles. The fourth-order valence-electron chi connectivity index (χ4n) is 0.733. The van der Waals surface area contributed by atoms with E-state index in [2.05, 4.69) is 0 Å². The van der Waals surface area contributed by atoms with Gasteiger partial charge < -0.3 is 10.8 Å². The summed E-state index contributed by atoms with van der Waals surface area (Å²) in [6.45, 7) is 3.66. The predicted molar refractivity (Wildman–Crippen MR) is 44.7 cm³/mol. The lowest BCUT2D eigenvalue weighted by Crippen LogP contribution is -2.33. The van der Waals surface area contributed by atoms with Gasteiger partial charge in [-0.15, -0.1) is 0 Å². The molecule has 0 heterocycles. The zero-order valence-electron chi connectivity index (χ0n) is 7.41. The average molecular weight is 173 g/mol. The van der Waals surface area contributed by atoms with E-state index >= 15 is 0 Å². The Morgan fingerprint density at radius 2 is 2.00 bits per heavy atom. The molecule has 0 amide bonds. The second-order valence-corrected chi connectivity index (χ2v) is 2.92. The highest BCUT2D eigenvalue weighted by atomic mass is 16.4. The van der Waals surface area contributed by atoms with Crippen LogP contribution in [-0.2, 0) is 9.59 Å².